The number of rotatable bonds is 7. The minimum atomic E-state index is -4.21. The van der Waals surface area contributed by atoms with E-state index in [1.54, 1.807) is 25.1 Å². The molecule has 7 nitrogen and oxygen atoms in total. The lowest BCUT2D eigenvalue weighted by Gasteiger charge is -2.16. The maximum Gasteiger partial charge on any atom is 0.281 e. The van der Waals surface area contributed by atoms with Crippen LogP contribution in [-0.4, -0.2) is 24.3 Å². The molecule has 2 heterocycles. The van der Waals surface area contributed by atoms with Crippen LogP contribution in [0.15, 0.2) is 71.8 Å². The Balaban J connectivity index is 0.00000267. The van der Waals surface area contributed by atoms with Gasteiger partial charge in [-0.1, -0.05) is 55.0 Å². The topological polar surface area (TPSA) is 98.2 Å². The van der Waals surface area contributed by atoms with Crippen molar-refractivity contribution in [1.82, 2.24) is 14.7 Å². The van der Waals surface area contributed by atoms with Gasteiger partial charge in [-0.2, -0.15) is 8.42 Å². The highest BCUT2D eigenvalue weighted by Gasteiger charge is 2.24. The number of carbonyl (C=O) groups excluding carboxylic acids is 1. The van der Waals surface area contributed by atoms with Crippen LogP contribution in [0.5, 0.6) is 11.6 Å². The number of sulfonamides is 1. The normalized spacial score (nSPS) is 11.3. The number of carbonyl (C=O) groups is 1. The van der Waals surface area contributed by atoms with Gasteiger partial charge in [-0.25, -0.2) is 14.7 Å². The summed E-state index contributed by atoms with van der Waals surface area (Å²) in [7, 11) is -4.21. The van der Waals surface area contributed by atoms with Gasteiger partial charge in [0.1, 0.15) is 11.3 Å². The standard InChI is InChI=1S/C29H29N3O4S.2H2/c1-6-22-10-12-23(13-11-22)25-15-14-24(28(33)32-37(34,35)26-9-7-8-21(5)30-26)29(31-25)36-27-19(3)16-18(2)17-20(27)4;;/h7-17H,6H2,1-5H3,(H,32,33);2*1H. The average molecular weight is 520 g/mol. The highest BCUT2D eigenvalue weighted by molar-refractivity contribution is 7.90. The zero-order valence-corrected chi connectivity index (χ0v) is 22.3. The van der Waals surface area contributed by atoms with Crippen molar-refractivity contribution in [2.24, 2.45) is 0 Å². The molecule has 4 aromatic rings. The molecular weight excluding hydrogens is 486 g/mol. The molecule has 0 radical (unpaired) electrons. The molecule has 0 saturated carbocycles. The van der Waals surface area contributed by atoms with E-state index in [0.29, 0.717) is 17.1 Å². The van der Waals surface area contributed by atoms with Crippen LogP contribution in [0.1, 0.15) is 48.1 Å². The van der Waals surface area contributed by atoms with E-state index in [-0.39, 0.29) is 19.3 Å². The average Bonchev–Trinajstić information content (AvgIpc) is 2.86. The van der Waals surface area contributed by atoms with E-state index in [0.717, 1.165) is 28.7 Å². The zero-order chi connectivity index (χ0) is 26.7. The molecule has 0 aliphatic rings. The van der Waals surface area contributed by atoms with Gasteiger partial charge < -0.3 is 4.74 Å². The number of ether oxygens (including phenoxy) is 1. The summed E-state index contributed by atoms with van der Waals surface area (Å²) in [6, 6.07) is 19.7. The van der Waals surface area contributed by atoms with Gasteiger partial charge in [0.25, 0.3) is 15.9 Å². The predicted octanol–water partition coefficient (Wildman–Crippen LogP) is 6.34. The van der Waals surface area contributed by atoms with Gasteiger partial charge >= 0.3 is 0 Å². The third-order valence-electron chi connectivity index (χ3n) is 5.93. The third kappa shape index (κ3) is 5.86. The molecule has 0 aliphatic carbocycles. The first kappa shape index (κ1) is 26.0. The Bertz CT molecular complexity index is 1570. The molecule has 8 heteroatoms. The first-order chi connectivity index (χ1) is 17.6. The predicted molar refractivity (Wildman–Crippen MR) is 148 cm³/mol. The number of hydrogen-bond acceptors (Lipinski definition) is 6. The van der Waals surface area contributed by atoms with Crippen molar-refractivity contribution in [3.63, 3.8) is 0 Å². The fraction of sp³-hybridized carbons (Fsp3) is 0.207. The van der Waals surface area contributed by atoms with E-state index in [9.17, 15) is 13.2 Å². The van der Waals surface area contributed by atoms with E-state index < -0.39 is 15.9 Å². The van der Waals surface area contributed by atoms with E-state index in [1.807, 2.05) is 57.2 Å². The Morgan fingerprint density at radius 2 is 1.59 bits per heavy atom. The molecule has 0 aliphatic heterocycles. The van der Waals surface area contributed by atoms with E-state index in [2.05, 4.69) is 21.6 Å². The second kappa shape index (κ2) is 10.5. The van der Waals surface area contributed by atoms with E-state index in [4.69, 9.17) is 4.74 Å². The van der Waals surface area contributed by atoms with Crippen molar-refractivity contribution in [1.29, 1.82) is 0 Å². The van der Waals surface area contributed by atoms with Crippen molar-refractivity contribution in [3.8, 4) is 22.9 Å². The zero-order valence-electron chi connectivity index (χ0n) is 21.5. The molecule has 37 heavy (non-hydrogen) atoms. The van der Waals surface area contributed by atoms with Gasteiger partial charge in [-0.05, 0) is 75.1 Å². The summed E-state index contributed by atoms with van der Waals surface area (Å²) in [6.45, 7) is 9.58. The molecule has 0 spiro atoms. The Kier molecular flexibility index (Phi) is 7.40. The lowest BCUT2D eigenvalue weighted by Crippen LogP contribution is -2.31. The third-order valence-corrected chi connectivity index (χ3v) is 7.16. The molecule has 1 amide bonds. The molecule has 2 aromatic heterocycles. The molecule has 0 atom stereocenters. The molecule has 1 N–H and O–H groups in total. The van der Waals surface area contributed by atoms with Crippen molar-refractivity contribution >= 4 is 15.9 Å². The summed E-state index contributed by atoms with van der Waals surface area (Å²) >= 11 is 0. The summed E-state index contributed by atoms with van der Waals surface area (Å²) in [5.41, 5.74) is 5.98. The van der Waals surface area contributed by atoms with Gasteiger partial charge in [0.2, 0.25) is 5.88 Å². The van der Waals surface area contributed by atoms with E-state index in [1.165, 1.54) is 17.7 Å². The van der Waals surface area contributed by atoms with Gasteiger partial charge in [-0.15, -0.1) is 0 Å². The van der Waals surface area contributed by atoms with Gasteiger partial charge in [0.05, 0.1) is 5.69 Å². The molecule has 0 saturated heterocycles. The fourth-order valence-electron chi connectivity index (χ4n) is 4.08. The number of nitrogens with one attached hydrogen (secondary N) is 1. The van der Waals surface area contributed by atoms with Crippen LogP contribution in [0.3, 0.4) is 0 Å². The maximum atomic E-state index is 13.2. The number of aromatic nitrogens is 2. The Morgan fingerprint density at radius 3 is 2.22 bits per heavy atom. The van der Waals surface area contributed by atoms with Crippen LogP contribution in [0.4, 0.5) is 0 Å². The summed E-state index contributed by atoms with van der Waals surface area (Å²) in [4.78, 5) is 21.9. The highest BCUT2D eigenvalue weighted by atomic mass is 32.2. The maximum absolute atomic E-state index is 13.2. The summed E-state index contributed by atoms with van der Waals surface area (Å²) in [5.74, 6) is -0.285. The molecule has 0 unspecified atom stereocenters. The Hall–Kier alpha value is -4.04. The summed E-state index contributed by atoms with van der Waals surface area (Å²) < 4.78 is 34.1. The lowest BCUT2D eigenvalue weighted by atomic mass is 10.1. The van der Waals surface area contributed by atoms with Gasteiger partial charge in [0, 0.05) is 14.1 Å². The van der Waals surface area contributed by atoms with Crippen molar-refractivity contribution in [3.05, 3.63) is 100 Å². The summed E-state index contributed by atoms with van der Waals surface area (Å²) in [5, 5.41) is -0.242. The lowest BCUT2D eigenvalue weighted by molar-refractivity contribution is 0.0978. The minimum Gasteiger partial charge on any atom is -0.438 e. The minimum absolute atomic E-state index is 0. The second-order valence-electron chi connectivity index (χ2n) is 8.98. The first-order valence-electron chi connectivity index (χ1n) is 11.9. The Labute approximate surface area is 220 Å². The van der Waals surface area contributed by atoms with Crippen molar-refractivity contribution in [2.75, 3.05) is 0 Å². The van der Waals surface area contributed by atoms with Crippen LogP contribution in [0, 0.1) is 27.7 Å². The number of pyridine rings is 2. The van der Waals surface area contributed by atoms with Crippen molar-refractivity contribution < 1.29 is 20.8 Å². The fourth-order valence-corrected chi connectivity index (χ4v) is 5.06. The van der Waals surface area contributed by atoms with Gasteiger partial charge in [-0.3, -0.25) is 4.79 Å². The quantitative estimate of drug-likeness (QED) is 0.306. The van der Waals surface area contributed by atoms with Crippen LogP contribution in [0.25, 0.3) is 11.3 Å². The number of aryl methyl sites for hydroxylation is 5. The molecule has 194 valence electrons. The molecule has 2 aromatic carbocycles. The monoisotopic (exact) mass is 519 g/mol. The van der Waals surface area contributed by atoms with E-state index >= 15 is 0 Å². The Morgan fingerprint density at radius 1 is 0.919 bits per heavy atom. The second-order valence-corrected chi connectivity index (χ2v) is 10.6. The largest absolute Gasteiger partial charge is 0.438 e. The summed E-state index contributed by atoms with van der Waals surface area (Å²) in [6.07, 6.45) is 0.914. The first-order valence-corrected chi connectivity index (χ1v) is 13.4. The van der Waals surface area contributed by atoms with Crippen LogP contribution >= 0.6 is 0 Å². The SMILES string of the molecule is CCc1ccc(-c2ccc(C(=O)NS(=O)(=O)c3cccc(C)n3)c(Oc3c(C)cc(C)cc3C)n2)cc1.[HH].[HH]. The molecule has 4 rings (SSSR count). The van der Waals surface area contributed by atoms with Crippen LogP contribution < -0.4 is 9.46 Å². The molecular formula is C29H33N3O4S. The number of amides is 1. The van der Waals surface area contributed by atoms with Crippen LogP contribution in [0.2, 0.25) is 0 Å². The molecule has 0 fully saturated rings. The number of hydrogen-bond donors (Lipinski definition) is 1. The highest BCUT2D eigenvalue weighted by Crippen LogP contribution is 2.32. The molecule has 0 bridgehead atoms. The number of nitrogens with zero attached hydrogens (tertiary/aromatic N) is 2. The smallest absolute Gasteiger partial charge is 0.281 e. The van der Waals surface area contributed by atoms with Crippen LogP contribution in [-0.2, 0) is 16.4 Å². The van der Waals surface area contributed by atoms with Gasteiger partial charge in [0.15, 0.2) is 5.03 Å². The van der Waals surface area contributed by atoms with Crippen molar-refractivity contribution in [2.45, 2.75) is 46.1 Å². The number of benzene rings is 2.